The maximum Gasteiger partial charge on any atom is 0.326 e. The van der Waals surface area contributed by atoms with Crippen molar-refractivity contribution < 1.29 is 4.79 Å². The standard InChI is InChI=1S/C18H17N3O2/c1-20-12-16(14-10-6-7-11-15(14)17(20)22)19-18(23)21(2)13-8-4-3-5-9-13/h3-12H,1-2H3,(H,19,23). The SMILES string of the molecule is CN(C(=O)Nc1cn(C)c(=O)c2ccccc12)c1ccccc1. The van der Waals surface area contributed by atoms with Crippen LogP contribution in [0.2, 0.25) is 0 Å². The van der Waals surface area contributed by atoms with Gasteiger partial charge in [0.2, 0.25) is 0 Å². The summed E-state index contributed by atoms with van der Waals surface area (Å²) in [7, 11) is 3.38. The van der Waals surface area contributed by atoms with Crippen molar-refractivity contribution >= 4 is 28.2 Å². The van der Waals surface area contributed by atoms with Gasteiger partial charge in [0, 0.05) is 36.8 Å². The van der Waals surface area contributed by atoms with E-state index in [1.165, 1.54) is 9.47 Å². The van der Waals surface area contributed by atoms with Crippen LogP contribution in [0.1, 0.15) is 0 Å². The molecule has 1 aromatic heterocycles. The molecule has 5 nitrogen and oxygen atoms in total. The highest BCUT2D eigenvalue weighted by atomic mass is 16.2. The maximum atomic E-state index is 12.5. The molecule has 0 saturated heterocycles. The number of fused-ring (bicyclic) bond motifs is 1. The Morgan fingerprint density at radius 2 is 1.61 bits per heavy atom. The van der Waals surface area contributed by atoms with Gasteiger partial charge in [-0.05, 0) is 18.2 Å². The van der Waals surface area contributed by atoms with E-state index in [1.54, 1.807) is 26.4 Å². The van der Waals surface area contributed by atoms with E-state index < -0.39 is 0 Å². The fraction of sp³-hybridized carbons (Fsp3) is 0.111. The molecule has 1 heterocycles. The second-order valence-electron chi connectivity index (χ2n) is 5.33. The first-order valence-corrected chi connectivity index (χ1v) is 7.26. The molecule has 0 aliphatic carbocycles. The molecular weight excluding hydrogens is 290 g/mol. The average molecular weight is 307 g/mol. The van der Waals surface area contributed by atoms with Gasteiger partial charge in [0.25, 0.3) is 5.56 Å². The summed E-state index contributed by atoms with van der Waals surface area (Å²) in [5.74, 6) is 0. The summed E-state index contributed by atoms with van der Waals surface area (Å²) in [5.41, 5.74) is 1.31. The maximum absolute atomic E-state index is 12.5. The van der Waals surface area contributed by atoms with Gasteiger partial charge in [-0.1, -0.05) is 36.4 Å². The summed E-state index contributed by atoms with van der Waals surface area (Å²) in [6, 6.07) is 16.3. The van der Waals surface area contributed by atoms with Crippen LogP contribution in [-0.4, -0.2) is 17.6 Å². The Balaban J connectivity index is 1.97. The van der Waals surface area contributed by atoms with E-state index in [0.29, 0.717) is 11.1 Å². The molecule has 2 amide bonds. The van der Waals surface area contributed by atoms with Crippen molar-refractivity contribution in [3.05, 3.63) is 71.1 Å². The number of hydrogen-bond donors (Lipinski definition) is 1. The topological polar surface area (TPSA) is 54.3 Å². The third-order valence-electron chi connectivity index (χ3n) is 3.78. The molecule has 1 N–H and O–H groups in total. The molecule has 0 atom stereocenters. The van der Waals surface area contributed by atoms with Crippen molar-refractivity contribution in [3.8, 4) is 0 Å². The number of rotatable bonds is 2. The van der Waals surface area contributed by atoms with Crippen LogP contribution in [0.4, 0.5) is 16.2 Å². The number of urea groups is 1. The van der Waals surface area contributed by atoms with Crippen LogP contribution in [-0.2, 0) is 7.05 Å². The van der Waals surface area contributed by atoms with Crippen molar-refractivity contribution in [2.45, 2.75) is 0 Å². The van der Waals surface area contributed by atoms with Crippen LogP contribution in [0.15, 0.2) is 65.6 Å². The molecule has 0 aliphatic rings. The highest BCUT2D eigenvalue weighted by molar-refractivity contribution is 6.06. The number of hydrogen-bond acceptors (Lipinski definition) is 2. The van der Waals surface area contributed by atoms with Crippen LogP contribution in [0.5, 0.6) is 0 Å². The quantitative estimate of drug-likeness (QED) is 0.790. The normalized spacial score (nSPS) is 10.5. The Morgan fingerprint density at radius 3 is 2.30 bits per heavy atom. The van der Waals surface area contributed by atoms with Crippen LogP contribution >= 0.6 is 0 Å². The zero-order valence-corrected chi connectivity index (χ0v) is 13.0. The first-order chi connectivity index (χ1) is 11.1. The number of carbonyl (C=O) groups excluding carboxylic acids is 1. The molecule has 3 aromatic rings. The van der Waals surface area contributed by atoms with Gasteiger partial charge in [-0.15, -0.1) is 0 Å². The predicted octanol–water partition coefficient (Wildman–Crippen LogP) is 3.21. The minimum Gasteiger partial charge on any atom is -0.316 e. The van der Waals surface area contributed by atoms with E-state index in [9.17, 15) is 9.59 Å². The monoisotopic (exact) mass is 307 g/mol. The third-order valence-corrected chi connectivity index (χ3v) is 3.78. The van der Waals surface area contributed by atoms with Crippen molar-refractivity contribution in [1.29, 1.82) is 0 Å². The number of para-hydroxylation sites is 1. The first-order valence-electron chi connectivity index (χ1n) is 7.26. The van der Waals surface area contributed by atoms with Gasteiger partial charge in [-0.3, -0.25) is 9.69 Å². The molecule has 116 valence electrons. The van der Waals surface area contributed by atoms with E-state index in [4.69, 9.17) is 0 Å². The number of amides is 2. The second-order valence-corrected chi connectivity index (χ2v) is 5.33. The minimum absolute atomic E-state index is 0.0880. The lowest BCUT2D eigenvalue weighted by atomic mass is 10.1. The zero-order valence-electron chi connectivity index (χ0n) is 13.0. The largest absolute Gasteiger partial charge is 0.326 e. The fourth-order valence-electron chi connectivity index (χ4n) is 2.48. The molecule has 0 bridgehead atoms. The van der Waals surface area contributed by atoms with E-state index >= 15 is 0 Å². The molecule has 23 heavy (non-hydrogen) atoms. The molecular formula is C18H17N3O2. The minimum atomic E-state index is -0.264. The summed E-state index contributed by atoms with van der Waals surface area (Å²) in [5, 5.41) is 4.18. The molecule has 0 aliphatic heterocycles. The average Bonchev–Trinajstić information content (AvgIpc) is 2.59. The Kier molecular flexibility index (Phi) is 3.85. The van der Waals surface area contributed by atoms with E-state index in [1.807, 2.05) is 48.5 Å². The number of anilines is 2. The van der Waals surface area contributed by atoms with Gasteiger partial charge in [0.15, 0.2) is 0 Å². The van der Waals surface area contributed by atoms with Gasteiger partial charge in [-0.25, -0.2) is 4.79 Å². The van der Waals surface area contributed by atoms with Crippen LogP contribution in [0.3, 0.4) is 0 Å². The van der Waals surface area contributed by atoms with Gasteiger partial charge in [0.05, 0.1) is 5.69 Å². The number of benzene rings is 2. The smallest absolute Gasteiger partial charge is 0.316 e. The van der Waals surface area contributed by atoms with Gasteiger partial charge in [-0.2, -0.15) is 0 Å². The Hall–Kier alpha value is -3.08. The number of nitrogens with zero attached hydrogens (tertiary/aromatic N) is 2. The summed E-state index contributed by atoms with van der Waals surface area (Å²) < 4.78 is 1.47. The third kappa shape index (κ3) is 2.81. The van der Waals surface area contributed by atoms with Crippen LogP contribution in [0, 0.1) is 0 Å². The number of pyridine rings is 1. The Bertz CT molecular complexity index is 916. The number of aromatic nitrogens is 1. The predicted molar refractivity (Wildman–Crippen MR) is 93.1 cm³/mol. The first kappa shape index (κ1) is 14.8. The number of carbonyl (C=O) groups is 1. The van der Waals surface area contributed by atoms with Crippen molar-refractivity contribution in [2.24, 2.45) is 7.05 Å². The van der Waals surface area contributed by atoms with Crippen LogP contribution < -0.4 is 15.8 Å². The number of aryl methyl sites for hydroxylation is 1. The van der Waals surface area contributed by atoms with E-state index in [-0.39, 0.29) is 11.6 Å². The highest BCUT2D eigenvalue weighted by Crippen LogP contribution is 2.21. The highest BCUT2D eigenvalue weighted by Gasteiger charge is 2.13. The molecule has 3 rings (SSSR count). The van der Waals surface area contributed by atoms with Crippen molar-refractivity contribution in [1.82, 2.24) is 4.57 Å². The lowest BCUT2D eigenvalue weighted by Gasteiger charge is -2.19. The second kappa shape index (κ2) is 5.96. The number of nitrogens with one attached hydrogen (secondary N) is 1. The fourth-order valence-corrected chi connectivity index (χ4v) is 2.48. The molecule has 2 aromatic carbocycles. The molecule has 0 fully saturated rings. The lowest BCUT2D eigenvalue weighted by molar-refractivity contribution is 0.258. The van der Waals surface area contributed by atoms with E-state index in [2.05, 4.69) is 5.32 Å². The molecule has 0 spiro atoms. The Morgan fingerprint density at radius 1 is 1.00 bits per heavy atom. The summed E-state index contributed by atoms with van der Waals surface area (Å²) in [4.78, 5) is 26.2. The molecule has 5 heteroatoms. The summed E-state index contributed by atoms with van der Waals surface area (Å²) in [6.07, 6.45) is 1.64. The Labute approximate surface area is 133 Å². The zero-order chi connectivity index (χ0) is 16.4. The lowest BCUT2D eigenvalue weighted by Crippen LogP contribution is -2.31. The van der Waals surface area contributed by atoms with Gasteiger partial charge in [0.1, 0.15) is 0 Å². The van der Waals surface area contributed by atoms with Gasteiger partial charge < -0.3 is 9.88 Å². The molecule has 0 saturated carbocycles. The summed E-state index contributed by atoms with van der Waals surface area (Å²) >= 11 is 0. The molecule has 0 unspecified atom stereocenters. The van der Waals surface area contributed by atoms with Crippen molar-refractivity contribution in [3.63, 3.8) is 0 Å². The van der Waals surface area contributed by atoms with Crippen molar-refractivity contribution in [2.75, 3.05) is 17.3 Å². The van der Waals surface area contributed by atoms with Gasteiger partial charge >= 0.3 is 6.03 Å². The molecule has 0 radical (unpaired) electrons. The van der Waals surface area contributed by atoms with Crippen LogP contribution in [0.25, 0.3) is 10.8 Å². The summed E-state index contributed by atoms with van der Waals surface area (Å²) in [6.45, 7) is 0. The van der Waals surface area contributed by atoms with E-state index in [0.717, 1.165) is 11.1 Å².